The highest BCUT2D eigenvalue weighted by molar-refractivity contribution is 5.48. The summed E-state index contributed by atoms with van der Waals surface area (Å²) in [4.78, 5) is 10.4. The minimum Gasteiger partial charge on any atom is -0.450 e. The highest BCUT2D eigenvalue weighted by Gasteiger charge is 2.14. The van der Waals surface area contributed by atoms with Gasteiger partial charge in [-0.15, -0.1) is 0 Å². The first-order valence-corrected chi connectivity index (χ1v) is 5.85. The van der Waals surface area contributed by atoms with Crippen molar-refractivity contribution in [3.8, 4) is 11.5 Å². The molecule has 0 saturated carbocycles. The average Bonchev–Trinajstić information content (AvgIpc) is 2.39. The molecule has 0 aliphatic heterocycles. The summed E-state index contributed by atoms with van der Waals surface area (Å²) in [5.41, 5.74) is 6.67. The number of para-hydroxylation sites is 2. The molecule has 98 valence electrons. The van der Waals surface area contributed by atoms with E-state index in [9.17, 15) is 10.1 Å². The number of nitro benzene ring substituents is 1. The number of nitrogens with two attached hydrogens (primary N) is 1. The molecule has 0 aliphatic carbocycles. The molecule has 0 unspecified atom stereocenters. The average molecular weight is 258 g/mol. The lowest BCUT2D eigenvalue weighted by Crippen LogP contribution is -2.04. The molecule has 5 heteroatoms. The predicted molar refractivity (Wildman–Crippen MR) is 72.2 cm³/mol. The Hall–Kier alpha value is -2.40. The van der Waals surface area contributed by atoms with Crippen molar-refractivity contribution in [3.63, 3.8) is 0 Å². The van der Waals surface area contributed by atoms with Crippen LogP contribution in [-0.4, -0.2) is 4.92 Å². The van der Waals surface area contributed by atoms with Crippen molar-refractivity contribution in [3.05, 3.63) is 64.2 Å². The summed E-state index contributed by atoms with van der Waals surface area (Å²) < 4.78 is 5.52. The van der Waals surface area contributed by atoms with Crippen LogP contribution in [0.1, 0.15) is 18.5 Å². The van der Waals surface area contributed by atoms with Gasteiger partial charge in [-0.2, -0.15) is 0 Å². The van der Waals surface area contributed by atoms with Crippen LogP contribution in [0.3, 0.4) is 0 Å². The lowest BCUT2D eigenvalue weighted by molar-refractivity contribution is -0.385. The number of rotatable bonds is 4. The Balaban J connectivity index is 2.24. The third-order valence-electron chi connectivity index (χ3n) is 2.70. The Morgan fingerprint density at radius 2 is 1.79 bits per heavy atom. The van der Waals surface area contributed by atoms with Gasteiger partial charge in [-0.3, -0.25) is 10.1 Å². The van der Waals surface area contributed by atoms with E-state index in [2.05, 4.69) is 0 Å². The molecule has 19 heavy (non-hydrogen) atoms. The van der Waals surface area contributed by atoms with Gasteiger partial charge in [0.25, 0.3) is 0 Å². The van der Waals surface area contributed by atoms with Gasteiger partial charge in [-0.05, 0) is 30.7 Å². The SMILES string of the molecule is C[C@H](N)c1ccc(Oc2ccccc2[N+](=O)[O-])cc1. The maximum Gasteiger partial charge on any atom is 0.311 e. The molecule has 0 fully saturated rings. The van der Waals surface area contributed by atoms with Crippen LogP contribution in [0.5, 0.6) is 11.5 Å². The van der Waals surface area contributed by atoms with E-state index in [1.165, 1.54) is 6.07 Å². The van der Waals surface area contributed by atoms with Gasteiger partial charge in [-0.25, -0.2) is 0 Å². The van der Waals surface area contributed by atoms with E-state index >= 15 is 0 Å². The fourth-order valence-corrected chi connectivity index (χ4v) is 1.66. The fraction of sp³-hybridized carbons (Fsp3) is 0.143. The van der Waals surface area contributed by atoms with Crippen molar-refractivity contribution in [2.24, 2.45) is 5.73 Å². The molecule has 0 aliphatic rings. The molecule has 0 aromatic heterocycles. The minimum absolute atomic E-state index is 0.0555. The van der Waals surface area contributed by atoms with Gasteiger partial charge in [0, 0.05) is 12.1 Å². The van der Waals surface area contributed by atoms with E-state index in [1.54, 1.807) is 30.3 Å². The molecule has 0 heterocycles. The van der Waals surface area contributed by atoms with Crippen molar-refractivity contribution >= 4 is 5.69 Å². The first-order valence-electron chi connectivity index (χ1n) is 5.85. The summed E-state index contributed by atoms with van der Waals surface area (Å²) in [5.74, 6) is 0.764. The molecule has 5 nitrogen and oxygen atoms in total. The van der Waals surface area contributed by atoms with E-state index in [4.69, 9.17) is 10.5 Å². The Morgan fingerprint density at radius 3 is 2.37 bits per heavy atom. The van der Waals surface area contributed by atoms with E-state index in [1.807, 2.05) is 19.1 Å². The lowest BCUT2D eigenvalue weighted by atomic mass is 10.1. The molecule has 2 aromatic rings. The molecule has 0 spiro atoms. The summed E-state index contributed by atoms with van der Waals surface area (Å²) in [6.07, 6.45) is 0. The van der Waals surface area contributed by atoms with Crippen LogP contribution in [0.4, 0.5) is 5.69 Å². The maximum absolute atomic E-state index is 10.9. The van der Waals surface area contributed by atoms with Gasteiger partial charge >= 0.3 is 5.69 Å². The smallest absolute Gasteiger partial charge is 0.311 e. The van der Waals surface area contributed by atoms with Crippen LogP contribution in [0.25, 0.3) is 0 Å². The number of nitro groups is 1. The van der Waals surface area contributed by atoms with Crippen molar-refractivity contribution in [2.45, 2.75) is 13.0 Å². The predicted octanol–water partition coefficient (Wildman–Crippen LogP) is 3.41. The second kappa shape index (κ2) is 5.49. The summed E-state index contributed by atoms with van der Waals surface area (Å²) in [6.45, 7) is 1.89. The number of nitrogens with zero attached hydrogens (tertiary/aromatic N) is 1. The van der Waals surface area contributed by atoms with Crippen LogP contribution < -0.4 is 10.5 Å². The van der Waals surface area contributed by atoms with Gasteiger partial charge in [-0.1, -0.05) is 24.3 Å². The molecule has 0 radical (unpaired) electrons. The molecule has 2 N–H and O–H groups in total. The standard InChI is InChI=1S/C14H14N2O3/c1-10(15)11-6-8-12(9-7-11)19-14-5-3-2-4-13(14)16(17)18/h2-10H,15H2,1H3/t10-/m0/s1. The van der Waals surface area contributed by atoms with Crippen LogP contribution >= 0.6 is 0 Å². The van der Waals surface area contributed by atoms with E-state index < -0.39 is 4.92 Å². The van der Waals surface area contributed by atoms with Gasteiger partial charge in [0.15, 0.2) is 0 Å². The topological polar surface area (TPSA) is 78.4 Å². The first-order chi connectivity index (χ1) is 9.08. The monoisotopic (exact) mass is 258 g/mol. The highest BCUT2D eigenvalue weighted by atomic mass is 16.6. The molecule has 2 aromatic carbocycles. The van der Waals surface area contributed by atoms with E-state index in [0.717, 1.165) is 5.56 Å². The van der Waals surface area contributed by atoms with Crippen LogP contribution in [-0.2, 0) is 0 Å². The Labute approximate surface area is 110 Å². The quantitative estimate of drug-likeness (QED) is 0.673. The summed E-state index contributed by atoms with van der Waals surface area (Å²) in [5, 5.41) is 10.9. The van der Waals surface area contributed by atoms with Crippen LogP contribution in [0.15, 0.2) is 48.5 Å². The Morgan fingerprint density at radius 1 is 1.16 bits per heavy atom. The van der Waals surface area contributed by atoms with Gasteiger partial charge in [0.1, 0.15) is 5.75 Å². The molecular weight excluding hydrogens is 244 g/mol. The largest absolute Gasteiger partial charge is 0.450 e. The van der Waals surface area contributed by atoms with Crippen molar-refractivity contribution in [2.75, 3.05) is 0 Å². The molecule has 2 rings (SSSR count). The number of benzene rings is 2. The molecule has 0 bridgehead atoms. The van der Waals surface area contributed by atoms with Crippen molar-refractivity contribution in [1.29, 1.82) is 0 Å². The number of hydrogen-bond donors (Lipinski definition) is 1. The zero-order valence-corrected chi connectivity index (χ0v) is 10.4. The van der Waals surface area contributed by atoms with E-state index in [-0.39, 0.29) is 17.5 Å². The molecule has 1 atom stereocenters. The van der Waals surface area contributed by atoms with Crippen molar-refractivity contribution < 1.29 is 9.66 Å². The maximum atomic E-state index is 10.9. The highest BCUT2D eigenvalue weighted by Crippen LogP contribution is 2.31. The molecule has 0 amide bonds. The van der Waals surface area contributed by atoms with Crippen LogP contribution in [0.2, 0.25) is 0 Å². The Bertz CT molecular complexity index is 579. The third kappa shape index (κ3) is 3.08. The normalized spacial score (nSPS) is 11.9. The minimum atomic E-state index is -0.467. The van der Waals surface area contributed by atoms with Gasteiger partial charge in [0.05, 0.1) is 4.92 Å². The zero-order valence-electron chi connectivity index (χ0n) is 10.4. The van der Waals surface area contributed by atoms with Crippen LogP contribution in [0, 0.1) is 10.1 Å². The summed E-state index contributed by atoms with van der Waals surface area (Å²) >= 11 is 0. The van der Waals surface area contributed by atoms with Gasteiger partial charge < -0.3 is 10.5 Å². The second-order valence-corrected chi connectivity index (χ2v) is 4.18. The second-order valence-electron chi connectivity index (χ2n) is 4.18. The molecular formula is C14H14N2O3. The summed E-state index contributed by atoms with van der Waals surface area (Å²) in [6, 6.07) is 13.4. The Kier molecular flexibility index (Phi) is 3.77. The number of hydrogen-bond acceptors (Lipinski definition) is 4. The fourth-order valence-electron chi connectivity index (χ4n) is 1.66. The van der Waals surface area contributed by atoms with Crippen molar-refractivity contribution in [1.82, 2.24) is 0 Å². The lowest BCUT2D eigenvalue weighted by Gasteiger charge is -2.08. The molecule has 0 saturated heterocycles. The van der Waals surface area contributed by atoms with E-state index in [0.29, 0.717) is 5.75 Å². The third-order valence-corrected chi connectivity index (χ3v) is 2.70. The zero-order chi connectivity index (χ0) is 13.8. The van der Waals surface area contributed by atoms with Gasteiger partial charge in [0.2, 0.25) is 5.75 Å². The first kappa shape index (κ1) is 13.0. The summed E-state index contributed by atoms with van der Waals surface area (Å²) in [7, 11) is 0. The number of ether oxygens (including phenoxy) is 1.